The summed E-state index contributed by atoms with van der Waals surface area (Å²) in [7, 11) is 0. The molecule has 0 aromatic rings. The van der Waals surface area contributed by atoms with Crippen molar-refractivity contribution in [2.24, 2.45) is 23.5 Å². The van der Waals surface area contributed by atoms with Gasteiger partial charge >= 0.3 is 0 Å². The fraction of sp³-hybridized carbons (Fsp3) is 1.00. The van der Waals surface area contributed by atoms with Crippen molar-refractivity contribution in [1.29, 1.82) is 0 Å². The second-order valence-corrected chi connectivity index (χ2v) is 6.73. The smallest absolute Gasteiger partial charge is 0.0182 e. The monoisotopic (exact) mass is 223 g/mol. The molecule has 0 bridgehead atoms. The average molecular weight is 223 g/mol. The predicted molar refractivity (Wildman–Crippen MR) is 70.3 cm³/mol. The molecule has 94 valence electrons. The first-order valence-electron chi connectivity index (χ1n) is 7.39. The molecule has 0 aliphatic heterocycles. The summed E-state index contributed by atoms with van der Waals surface area (Å²) in [4.78, 5) is 0. The van der Waals surface area contributed by atoms with E-state index in [1.807, 2.05) is 0 Å². The lowest BCUT2D eigenvalue weighted by molar-refractivity contribution is 0.160. The molecule has 16 heavy (non-hydrogen) atoms. The highest BCUT2D eigenvalue weighted by Gasteiger charge is 2.37. The quantitative estimate of drug-likeness (QED) is 0.665. The Morgan fingerprint density at radius 1 is 0.812 bits per heavy atom. The predicted octanol–water partition coefficient (Wildman–Crippen LogP) is 4.11. The van der Waals surface area contributed by atoms with E-state index >= 15 is 0 Å². The third-order valence-corrected chi connectivity index (χ3v) is 5.27. The maximum atomic E-state index is 6.74. The van der Waals surface area contributed by atoms with Gasteiger partial charge in [-0.3, -0.25) is 0 Å². The summed E-state index contributed by atoms with van der Waals surface area (Å²) in [6.07, 6.45) is 12.3. The van der Waals surface area contributed by atoms with E-state index in [1.165, 1.54) is 57.8 Å². The van der Waals surface area contributed by atoms with Gasteiger partial charge in [-0.2, -0.15) is 0 Å². The van der Waals surface area contributed by atoms with Crippen LogP contribution in [0.3, 0.4) is 0 Å². The van der Waals surface area contributed by atoms with Gasteiger partial charge in [0, 0.05) is 5.54 Å². The molecule has 2 fully saturated rings. The Labute approximate surface area is 101 Å². The SMILES string of the molecule is CC1CCC(C2(N)CCCC(C)CC2)CC1. The third-order valence-electron chi connectivity index (χ3n) is 5.27. The van der Waals surface area contributed by atoms with E-state index in [-0.39, 0.29) is 5.54 Å². The van der Waals surface area contributed by atoms with Crippen LogP contribution in [0, 0.1) is 17.8 Å². The molecule has 0 spiro atoms. The first kappa shape index (κ1) is 12.4. The first-order valence-corrected chi connectivity index (χ1v) is 7.39. The Hall–Kier alpha value is -0.0400. The van der Waals surface area contributed by atoms with Crippen molar-refractivity contribution < 1.29 is 0 Å². The average Bonchev–Trinajstić information content (AvgIpc) is 2.43. The summed E-state index contributed by atoms with van der Waals surface area (Å²) < 4.78 is 0. The van der Waals surface area contributed by atoms with Gasteiger partial charge in [0.2, 0.25) is 0 Å². The van der Waals surface area contributed by atoms with Gasteiger partial charge in [-0.25, -0.2) is 0 Å². The normalized spacial score (nSPS) is 46.3. The van der Waals surface area contributed by atoms with Crippen LogP contribution in [0.4, 0.5) is 0 Å². The maximum absolute atomic E-state index is 6.74. The molecule has 1 heteroatoms. The molecule has 2 saturated carbocycles. The molecule has 0 saturated heterocycles. The molecule has 1 nitrogen and oxygen atoms in total. The minimum Gasteiger partial charge on any atom is -0.325 e. The topological polar surface area (TPSA) is 26.0 Å². The van der Waals surface area contributed by atoms with Crippen molar-refractivity contribution in [2.45, 2.75) is 77.2 Å². The minimum atomic E-state index is 0.199. The summed E-state index contributed by atoms with van der Waals surface area (Å²) >= 11 is 0. The van der Waals surface area contributed by atoms with Crippen LogP contribution < -0.4 is 5.73 Å². The van der Waals surface area contributed by atoms with E-state index in [4.69, 9.17) is 5.73 Å². The van der Waals surface area contributed by atoms with E-state index in [2.05, 4.69) is 13.8 Å². The fourth-order valence-corrected chi connectivity index (χ4v) is 3.81. The summed E-state index contributed by atoms with van der Waals surface area (Å²) in [6.45, 7) is 4.79. The molecular formula is C15H29N. The molecule has 2 N–H and O–H groups in total. The summed E-state index contributed by atoms with van der Waals surface area (Å²) in [5.74, 6) is 2.69. The molecule has 2 atom stereocenters. The van der Waals surface area contributed by atoms with Crippen molar-refractivity contribution in [3.8, 4) is 0 Å². The Balaban J connectivity index is 1.95. The maximum Gasteiger partial charge on any atom is 0.0182 e. The molecule has 0 aromatic heterocycles. The van der Waals surface area contributed by atoms with Crippen molar-refractivity contribution in [3.05, 3.63) is 0 Å². The third kappa shape index (κ3) is 2.80. The Morgan fingerprint density at radius 2 is 1.44 bits per heavy atom. The van der Waals surface area contributed by atoms with Crippen LogP contribution in [0.5, 0.6) is 0 Å². The zero-order chi connectivity index (χ0) is 11.6. The van der Waals surface area contributed by atoms with Gasteiger partial charge in [0.25, 0.3) is 0 Å². The molecule has 2 aliphatic rings. The van der Waals surface area contributed by atoms with Gasteiger partial charge in [0.1, 0.15) is 0 Å². The van der Waals surface area contributed by atoms with Crippen molar-refractivity contribution in [2.75, 3.05) is 0 Å². The molecule has 2 aliphatic carbocycles. The highest BCUT2D eigenvalue weighted by molar-refractivity contribution is 4.94. The summed E-state index contributed by atoms with van der Waals surface area (Å²) in [6, 6.07) is 0. The summed E-state index contributed by atoms with van der Waals surface area (Å²) in [5, 5.41) is 0. The zero-order valence-electron chi connectivity index (χ0n) is 11.2. The highest BCUT2D eigenvalue weighted by atomic mass is 14.8. The van der Waals surface area contributed by atoms with Crippen LogP contribution in [0.25, 0.3) is 0 Å². The number of nitrogens with two attached hydrogens (primary N) is 1. The lowest BCUT2D eigenvalue weighted by Crippen LogP contribution is -2.48. The van der Waals surface area contributed by atoms with Gasteiger partial charge in [-0.1, -0.05) is 39.5 Å². The Morgan fingerprint density at radius 3 is 2.12 bits per heavy atom. The van der Waals surface area contributed by atoms with E-state index in [1.54, 1.807) is 0 Å². The van der Waals surface area contributed by atoms with Gasteiger partial charge in [-0.05, 0) is 49.9 Å². The molecule has 0 amide bonds. The van der Waals surface area contributed by atoms with Crippen LogP contribution in [0.1, 0.15) is 71.6 Å². The lowest BCUT2D eigenvalue weighted by atomic mass is 9.69. The molecule has 2 rings (SSSR count). The van der Waals surface area contributed by atoms with Gasteiger partial charge in [-0.15, -0.1) is 0 Å². The van der Waals surface area contributed by atoms with E-state index in [0.717, 1.165) is 17.8 Å². The first-order chi connectivity index (χ1) is 7.60. The minimum absolute atomic E-state index is 0.199. The van der Waals surface area contributed by atoms with Crippen LogP contribution >= 0.6 is 0 Å². The molecule has 2 unspecified atom stereocenters. The standard InChI is InChI=1S/C15H29N/c1-12-4-3-10-15(16,11-9-12)14-7-5-13(2)6-8-14/h12-14H,3-11,16H2,1-2H3. The molecule has 0 aromatic carbocycles. The van der Waals surface area contributed by atoms with Gasteiger partial charge in [0.05, 0.1) is 0 Å². The second-order valence-electron chi connectivity index (χ2n) is 6.73. The van der Waals surface area contributed by atoms with Gasteiger partial charge < -0.3 is 5.73 Å². The second kappa shape index (κ2) is 5.08. The molecule has 0 heterocycles. The van der Waals surface area contributed by atoms with E-state index < -0.39 is 0 Å². The van der Waals surface area contributed by atoms with Crippen molar-refractivity contribution in [3.63, 3.8) is 0 Å². The lowest BCUT2D eigenvalue weighted by Gasteiger charge is -2.41. The Bertz CT molecular complexity index is 217. The number of hydrogen-bond acceptors (Lipinski definition) is 1. The molecular weight excluding hydrogens is 194 g/mol. The largest absolute Gasteiger partial charge is 0.325 e. The van der Waals surface area contributed by atoms with Gasteiger partial charge in [0.15, 0.2) is 0 Å². The zero-order valence-corrected chi connectivity index (χ0v) is 11.2. The summed E-state index contributed by atoms with van der Waals surface area (Å²) in [5.41, 5.74) is 6.94. The van der Waals surface area contributed by atoms with Crippen LogP contribution in [0.15, 0.2) is 0 Å². The number of hydrogen-bond donors (Lipinski definition) is 1. The van der Waals surface area contributed by atoms with E-state index in [9.17, 15) is 0 Å². The number of rotatable bonds is 1. The molecule has 0 radical (unpaired) electrons. The fourth-order valence-electron chi connectivity index (χ4n) is 3.81. The van der Waals surface area contributed by atoms with Crippen molar-refractivity contribution >= 4 is 0 Å². The van der Waals surface area contributed by atoms with E-state index in [0.29, 0.717) is 0 Å². The van der Waals surface area contributed by atoms with Crippen molar-refractivity contribution in [1.82, 2.24) is 0 Å². The van der Waals surface area contributed by atoms with Crippen LogP contribution in [-0.4, -0.2) is 5.54 Å². The van der Waals surface area contributed by atoms with Crippen LogP contribution in [-0.2, 0) is 0 Å². The van der Waals surface area contributed by atoms with Crippen LogP contribution in [0.2, 0.25) is 0 Å². The Kier molecular flexibility index (Phi) is 3.94. The highest BCUT2D eigenvalue weighted by Crippen LogP contribution is 2.41.